The van der Waals surface area contributed by atoms with Gasteiger partial charge in [0.05, 0.1) is 17.6 Å². The second-order valence-electron chi connectivity index (χ2n) is 5.19. The van der Waals surface area contributed by atoms with Crippen LogP contribution >= 0.6 is 0 Å². The number of carbonyl (C=O) groups is 2. The van der Waals surface area contributed by atoms with E-state index in [-0.39, 0.29) is 23.8 Å². The summed E-state index contributed by atoms with van der Waals surface area (Å²) in [6.45, 7) is 1.87. The molecule has 0 aliphatic rings. The smallest absolute Gasteiger partial charge is 0.338 e. The van der Waals surface area contributed by atoms with Crippen LogP contribution in [0.3, 0.4) is 0 Å². The lowest BCUT2D eigenvalue weighted by atomic mass is 10.2. The lowest BCUT2D eigenvalue weighted by Gasteiger charge is -2.21. The summed E-state index contributed by atoms with van der Waals surface area (Å²) in [5.74, 6) is -1.14. The lowest BCUT2D eigenvalue weighted by molar-refractivity contribution is -0.385. The SMILES string of the molecule is CCN(C(=O)COc1ccc(C(=O)OC)cc1[N+](=O)[O-])c1ccccc1. The fraction of sp³-hybridized carbons (Fsp3) is 0.222. The van der Waals surface area contributed by atoms with Crippen molar-refractivity contribution in [3.05, 3.63) is 64.2 Å². The molecule has 0 aliphatic heterocycles. The summed E-state index contributed by atoms with van der Waals surface area (Å²) in [6.07, 6.45) is 0. The minimum Gasteiger partial charge on any atom is -0.477 e. The summed E-state index contributed by atoms with van der Waals surface area (Å²) in [4.78, 5) is 36.0. The Morgan fingerprint density at radius 2 is 1.85 bits per heavy atom. The van der Waals surface area contributed by atoms with E-state index >= 15 is 0 Å². The molecule has 0 spiro atoms. The standard InChI is InChI=1S/C18H18N2O6/c1-3-19(14-7-5-4-6-8-14)17(21)12-26-16-10-9-13(18(22)25-2)11-15(16)20(23)24/h4-11H,3,12H2,1-2H3. The summed E-state index contributed by atoms with van der Waals surface area (Å²) >= 11 is 0. The summed E-state index contributed by atoms with van der Waals surface area (Å²) in [5.41, 5.74) is 0.319. The highest BCUT2D eigenvalue weighted by atomic mass is 16.6. The van der Waals surface area contributed by atoms with Gasteiger partial charge in [0.25, 0.3) is 5.91 Å². The third-order valence-corrected chi connectivity index (χ3v) is 3.61. The molecule has 26 heavy (non-hydrogen) atoms. The zero-order valence-corrected chi connectivity index (χ0v) is 14.4. The molecule has 0 heterocycles. The van der Waals surface area contributed by atoms with E-state index in [0.717, 1.165) is 6.07 Å². The van der Waals surface area contributed by atoms with Gasteiger partial charge in [-0.05, 0) is 31.2 Å². The number of rotatable bonds is 7. The molecule has 0 bridgehead atoms. The Bertz CT molecular complexity index is 807. The van der Waals surface area contributed by atoms with E-state index in [2.05, 4.69) is 4.74 Å². The number of para-hydroxylation sites is 1. The minimum atomic E-state index is -0.697. The van der Waals surface area contributed by atoms with E-state index in [1.165, 1.54) is 24.1 Å². The number of methoxy groups -OCH3 is 1. The second kappa shape index (κ2) is 8.61. The number of anilines is 1. The molecule has 0 fully saturated rings. The topological polar surface area (TPSA) is 99.0 Å². The monoisotopic (exact) mass is 358 g/mol. The maximum Gasteiger partial charge on any atom is 0.338 e. The van der Waals surface area contributed by atoms with E-state index in [4.69, 9.17) is 4.74 Å². The van der Waals surface area contributed by atoms with Crippen LogP contribution in [0.4, 0.5) is 11.4 Å². The maximum absolute atomic E-state index is 12.4. The van der Waals surface area contributed by atoms with E-state index in [1.807, 2.05) is 25.1 Å². The molecule has 0 unspecified atom stereocenters. The number of carbonyl (C=O) groups excluding carboxylic acids is 2. The molecular formula is C18H18N2O6. The molecule has 2 aromatic rings. The number of ether oxygens (including phenoxy) is 2. The van der Waals surface area contributed by atoms with Crippen LogP contribution < -0.4 is 9.64 Å². The third-order valence-electron chi connectivity index (χ3n) is 3.61. The molecule has 0 saturated heterocycles. The zero-order chi connectivity index (χ0) is 19.1. The highest BCUT2D eigenvalue weighted by Gasteiger charge is 2.21. The first-order chi connectivity index (χ1) is 12.5. The van der Waals surface area contributed by atoms with Gasteiger partial charge in [-0.2, -0.15) is 0 Å². The fourth-order valence-electron chi connectivity index (χ4n) is 2.36. The van der Waals surface area contributed by atoms with Gasteiger partial charge in [0.2, 0.25) is 0 Å². The molecule has 0 radical (unpaired) electrons. The Morgan fingerprint density at radius 3 is 2.42 bits per heavy atom. The van der Waals surface area contributed by atoms with Gasteiger partial charge in [0, 0.05) is 18.3 Å². The Kier molecular flexibility index (Phi) is 6.26. The van der Waals surface area contributed by atoms with Gasteiger partial charge >= 0.3 is 11.7 Å². The predicted octanol–water partition coefficient (Wildman–Crippen LogP) is 2.81. The molecule has 8 heteroatoms. The van der Waals surface area contributed by atoms with Crippen molar-refractivity contribution in [1.82, 2.24) is 0 Å². The number of amides is 1. The quantitative estimate of drug-likeness (QED) is 0.429. The number of benzene rings is 2. The van der Waals surface area contributed by atoms with Crippen molar-refractivity contribution in [2.75, 3.05) is 25.2 Å². The Morgan fingerprint density at radius 1 is 1.15 bits per heavy atom. The van der Waals surface area contributed by atoms with E-state index in [9.17, 15) is 19.7 Å². The predicted molar refractivity (Wildman–Crippen MR) is 94.4 cm³/mol. The van der Waals surface area contributed by atoms with Crippen LogP contribution in [-0.2, 0) is 9.53 Å². The first kappa shape index (κ1) is 18.9. The van der Waals surface area contributed by atoms with Crippen molar-refractivity contribution in [3.8, 4) is 5.75 Å². The molecule has 2 rings (SSSR count). The zero-order valence-electron chi connectivity index (χ0n) is 14.4. The molecule has 0 aliphatic carbocycles. The minimum absolute atomic E-state index is 0.0253. The number of hydrogen-bond donors (Lipinski definition) is 0. The number of likely N-dealkylation sites (N-methyl/N-ethyl adjacent to an activating group) is 1. The second-order valence-corrected chi connectivity index (χ2v) is 5.19. The first-order valence-electron chi connectivity index (χ1n) is 7.82. The molecule has 0 N–H and O–H groups in total. The normalized spacial score (nSPS) is 10.1. The van der Waals surface area contributed by atoms with Crippen LogP contribution in [0.1, 0.15) is 17.3 Å². The maximum atomic E-state index is 12.4. The summed E-state index contributed by atoms with van der Waals surface area (Å²) < 4.78 is 9.89. The average molecular weight is 358 g/mol. The van der Waals surface area contributed by atoms with Crippen LogP contribution in [-0.4, -0.2) is 37.1 Å². The molecular weight excluding hydrogens is 340 g/mol. The van der Waals surface area contributed by atoms with Gasteiger partial charge in [-0.1, -0.05) is 18.2 Å². The number of nitro benzene ring substituents is 1. The van der Waals surface area contributed by atoms with E-state index < -0.39 is 16.6 Å². The number of esters is 1. The molecule has 8 nitrogen and oxygen atoms in total. The van der Waals surface area contributed by atoms with Crippen molar-refractivity contribution in [3.63, 3.8) is 0 Å². The van der Waals surface area contributed by atoms with Crippen LogP contribution in [0.15, 0.2) is 48.5 Å². The van der Waals surface area contributed by atoms with Crippen molar-refractivity contribution in [1.29, 1.82) is 0 Å². The number of nitrogens with zero attached hydrogens (tertiary/aromatic N) is 2. The van der Waals surface area contributed by atoms with Crippen molar-refractivity contribution < 1.29 is 24.0 Å². The lowest BCUT2D eigenvalue weighted by Crippen LogP contribution is -2.34. The van der Waals surface area contributed by atoms with Crippen LogP contribution in [0.25, 0.3) is 0 Å². The van der Waals surface area contributed by atoms with Crippen LogP contribution in [0.2, 0.25) is 0 Å². The third kappa shape index (κ3) is 4.35. The van der Waals surface area contributed by atoms with E-state index in [0.29, 0.717) is 12.2 Å². The van der Waals surface area contributed by atoms with Gasteiger partial charge in [0.15, 0.2) is 12.4 Å². The van der Waals surface area contributed by atoms with E-state index in [1.54, 1.807) is 12.1 Å². The van der Waals surface area contributed by atoms with Crippen molar-refractivity contribution in [2.45, 2.75) is 6.92 Å². The summed E-state index contributed by atoms with van der Waals surface area (Å²) in [7, 11) is 1.18. The number of hydrogen-bond acceptors (Lipinski definition) is 6. The Hall–Kier alpha value is -3.42. The molecule has 2 aromatic carbocycles. The number of nitro groups is 1. The average Bonchev–Trinajstić information content (AvgIpc) is 2.67. The van der Waals surface area contributed by atoms with Gasteiger partial charge < -0.3 is 14.4 Å². The molecule has 1 amide bonds. The highest BCUT2D eigenvalue weighted by Crippen LogP contribution is 2.28. The molecule has 0 atom stereocenters. The molecule has 0 aromatic heterocycles. The molecule has 136 valence electrons. The van der Waals surface area contributed by atoms with Gasteiger partial charge in [-0.15, -0.1) is 0 Å². The Labute approximate surface area is 150 Å². The van der Waals surface area contributed by atoms with Crippen LogP contribution in [0, 0.1) is 10.1 Å². The van der Waals surface area contributed by atoms with Crippen molar-refractivity contribution >= 4 is 23.3 Å². The fourth-order valence-corrected chi connectivity index (χ4v) is 2.36. The first-order valence-corrected chi connectivity index (χ1v) is 7.82. The Balaban J connectivity index is 2.16. The van der Waals surface area contributed by atoms with Crippen LogP contribution in [0.5, 0.6) is 5.75 Å². The van der Waals surface area contributed by atoms with Gasteiger partial charge in [-0.25, -0.2) is 4.79 Å². The summed E-state index contributed by atoms with van der Waals surface area (Å²) in [6, 6.07) is 12.7. The van der Waals surface area contributed by atoms with Gasteiger partial charge in [0.1, 0.15) is 0 Å². The molecule has 0 saturated carbocycles. The highest BCUT2D eigenvalue weighted by molar-refractivity contribution is 5.94. The van der Waals surface area contributed by atoms with Crippen molar-refractivity contribution in [2.24, 2.45) is 0 Å². The summed E-state index contributed by atoms with van der Waals surface area (Å²) in [5, 5.41) is 11.2. The van der Waals surface area contributed by atoms with Gasteiger partial charge in [-0.3, -0.25) is 14.9 Å². The largest absolute Gasteiger partial charge is 0.477 e.